The highest BCUT2D eigenvalue weighted by Crippen LogP contribution is 2.13. The second-order valence-electron chi connectivity index (χ2n) is 3.46. The summed E-state index contributed by atoms with van der Waals surface area (Å²) in [7, 11) is 0. The van der Waals surface area contributed by atoms with Crippen LogP contribution in [0.4, 0.5) is 0 Å². The molecule has 0 bridgehead atoms. The average Bonchev–Trinajstić information content (AvgIpc) is 2.28. The van der Waals surface area contributed by atoms with E-state index >= 15 is 0 Å². The lowest BCUT2D eigenvalue weighted by Crippen LogP contribution is -2.24. The van der Waals surface area contributed by atoms with Gasteiger partial charge in [0.05, 0.1) is 5.56 Å². The van der Waals surface area contributed by atoms with Gasteiger partial charge in [0.1, 0.15) is 0 Å². The zero-order valence-electron chi connectivity index (χ0n) is 9.15. The maximum atomic E-state index is 11.7. The first-order valence-corrected chi connectivity index (χ1v) is 6.00. The van der Waals surface area contributed by atoms with Gasteiger partial charge in [-0.3, -0.25) is 14.6 Å². The summed E-state index contributed by atoms with van der Waals surface area (Å²) < 4.78 is 0.642. The van der Waals surface area contributed by atoms with Gasteiger partial charge in [0.25, 0.3) is 5.91 Å². The molecular weight excluding hydrogens is 288 g/mol. The summed E-state index contributed by atoms with van der Waals surface area (Å²) in [5.74, 6) is -0.997. The number of nitrogens with one attached hydrogen (secondary N) is 1. The third-order valence-corrected chi connectivity index (χ3v) is 2.75. The first-order chi connectivity index (χ1) is 8.11. The summed E-state index contributed by atoms with van der Waals surface area (Å²) in [6.07, 6.45) is 4.45. The lowest BCUT2D eigenvalue weighted by Gasteiger charge is -2.05. The number of unbranched alkanes of at least 4 members (excludes halogenated alkanes) is 1. The molecule has 1 rings (SSSR count). The molecule has 0 aromatic carbocycles. The molecule has 0 saturated carbocycles. The van der Waals surface area contributed by atoms with E-state index in [-0.39, 0.29) is 12.3 Å². The van der Waals surface area contributed by atoms with Gasteiger partial charge in [-0.05, 0) is 34.8 Å². The Balaban J connectivity index is 2.31. The van der Waals surface area contributed by atoms with Gasteiger partial charge < -0.3 is 10.4 Å². The lowest BCUT2D eigenvalue weighted by molar-refractivity contribution is -0.137. The van der Waals surface area contributed by atoms with E-state index in [0.717, 1.165) is 0 Å². The van der Waals surface area contributed by atoms with Gasteiger partial charge >= 0.3 is 5.97 Å². The minimum absolute atomic E-state index is 0.134. The lowest BCUT2D eigenvalue weighted by atomic mass is 10.2. The van der Waals surface area contributed by atoms with Crippen LogP contribution in [0.2, 0.25) is 0 Å². The summed E-state index contributed by atoms with van der Waals surface area (Å²) in [6, 6.07) is 1.62. The molecule has 0 spiro atoms. The van der Waals surface area contributed by atoms with Crippen LogP contribution in [0.25, 0.3) is 0 Å². The van der Waals surface area contributed by atoms with Gasteiger partial charge in [0, 0.05) is 29.8 Å². The van der Waals surface area contributed by atoms with Gasteiger partial charge in [-0.2, -0.15) is 0 Å². The van der Waals surface area contributed by atoms with E-state index in [1.54, 1.807) is 18.5 Å². The van der Waals surface area contributed by atoms with Crippen molar-refractivity contribution in [2.45, 2.75) is 19.3 Å². The monoisotopic (exact) mass is 300 g/mol. The quantitative estimate of drug-likeness (QED) is 0.786. The highest BCUT2D eigenvalue weighted by molar-refractivity contribution is 9.10. The summed E-state index contributed by atoms with van der Waals surface area (Å²) in [5, 5.41) is 11.2. The van der Waals surface area contributed by atoms with Crippen LogP contribution in [0.15, 0.2) is 22.9 Å². The highest BCUT2D eigenvalue weighted by atomic mass is 79.9. The number of carbonyl (C=O) groups is 2. The number of carboxylic acids is 1. The van der Waals surface area contributed by atoms with Crippen molar-refractivity contribution in [3.05, 3.63) is 28.5 Å². The van der Waals surface area contributed by atoms with Gasteiger partial charge in [-0.15, -0.1) is 0 Å². The topological polar surface area (TPSA) is 79.3 Å². The van der Waals surface area contributed by atoms with E-state index in [4.69, 9.17) is 5.11 Å². The normalized spacial score (nSPS) is 9.94. The van der Waals surface area contributed by atoms with Crippen molar-refractivity contribution in [2.75, 3.05) is 6.54 Å². The molecule has 92 valence electrons. The molecule has 6 heteroatoms. The molecule has 0 unspecified atom stereocenters. The van der Waals surface area contributed by atoms with Gasteiger partial charge in [0.2, 0.25) is 0 Å². The van der Waals surface area contributed by atoms with E-state index in [9.17, 15) is 9.59 Å². The van der Waals surface area contributed by atoms with Crippen molar-refractivity contribution in [1.29, 1.82) is 0 Å². The van der Waals surface area contributed by atoms with Crippen molar-refractivity contribution in [3.8, 4) is 0 Å². The number of rotatable bonds is 6. The Morgan fingerprint density at radius 1 is 1.41 bits per heavy atom. The van der Waals surface area contributed by atoms with Crippen molar-refractivity contribution in [3.63, 3.8) is 0 Å². The molecule has 2 N–H and O–H groups in total. The first kappa shape index (κ1) is 13.6. The zero-order chi connectivity index (χ0) is 12.7. The minimum atomic E-state index is -0.812. The number of hydrogen-bond acceptors (Lipinski definition) is 3. The third kappa shape index (κ3) is 4.95. The average molecular weight is 301 g/mol. The predicted octanol–water partition coefficient (Wildman–Crippen LogP) is 1.83. The van der Waals surface area contributed by atoms with Crippen LogP contribution in [0.1, 0.15) is 29.6 Å². The molecule has 0 radical (unpaired) electrons. The van der Waals surface area contributed by atoms with E-state index < -0.39 is 5.97 Å². The van der Waals surface area contributed by atoms with Crippen LogP contribution in [0, 0.1) is 0 Å². The number of aromatic nitrogens is 1. The highest BCUT2D eigenvalue weighted by Gasteiger charge is 2.08. The SMILES string of the molecule is O=C(O)CCCCNC(=O)c1ccncc1Br. The number of hydrogen-bond donors (Lipinski definition) is 2. The van der Waals surface area contributed by atoms with Crippen LogP contribution >= 0.6 is 15.9 Å². The van der Waals surface area contributed by atoms with Crippen molar-refractivity contribution in [2.24, 2.45) is 0 Å². The third-order valence-electron chi connectivity index (χ3n) is 2.12. The molecule has 0 saturated heterocycles. The second-order valence-corrected chi connectivity index (χ2v) is 4.32. The number of amides is 1. The number of halogens is 1. The van der Waals surface area contributed by atoms with E-state index in [2.05, 4.69) is 26.2 Å². The standard InChI is InChI=1S/C11H13BrN2O3/c12-9-7-13-6-4-8(9)11(17)14-5-2-1-3-10(15)16/h4,6-7H,1-3,5H2,(H,14,17)(H,15,16). The maximum Gasteiger partial charge on any atom is 0.303 e. The number of nitrogens with zero attached hydrogens (tertiary/aromatic N) is 1. The molecule has 5 nitrogen and oxygen atoms in total. The summed E-state index contributed by atoms with van der Waals surface area (Å²) in [5.41, 5.74) is 0.526. The second kappa shape index (κ2) is 7.01. The summed E-state index contributed by atoms with van der Waals surface area (Å²) >= 11 is 3.24. The Labute approximate surface area is 107 Å². The van der Waals surface area contributed by atoms with Gasteiger partial charge in [-0.25, -0.2) is 0 Å². The molecule has 0 aliphatic heterocycles. The Bertz CT molecular complexity index is 409. The molecule has 17 heavy (non-hydrogen) atoms. The molecular formula is C11H13BrN2O3. The van der Waals surface area contributed by atoms with Gasteiger partial charge in [-0.1, -0.05) is 0 Å². The molecule has 0 aliphatic carbocycles. The van der Waals surface area contributed by atoms with Crippen LogP contribution in [-0.4, -0.2) is 28.5 Å². The molecule has 0 atom stereocenters. The van der Waals surface area contributed by atoms with Gasteiger partial charge in [0.15, 0.2) is 0 Å². The number of carboxylic acid groups (broad SMARTS) is 1. The molecule has 1 heterocycles. The number of carbonyl (C=O) groups excluding carboxylic acids is 1. The number of pyridine rings is 1. The first-order valence-electron chi connectivity index (χ1n) is 5.21. The fourth-order valence-electron chi connectivity index (χ4n) is 1.26. The molecule has 1 aromatic rings. The Kier molecular flexibility index (Phi) is 5.62. The zero-order valence-corrected chi connectivity index (χ0v) is 10.7. The van der Waals surface area contributed by atoms with E-state index in [0.29, 0.717) is 29.4 Å². The minimum Gasteiger partial charge on any atom is -0.481 e. The van der Waals surface area contributed by atoms with Crippen LogP contribution in [0.3, 0.4) is 0 Å². The Morgan fingerprint density at radius 2 is 2.18 bits per heavy atom. The van der Waals surface area contributed by atoms with Crippen molar-refractivity contribution < 1.29 is 14.7 Å². The van der Waals surface area contributed by atoms with Crippen molar-refractivity contribution in [1.82, 2.24) is 10.3 Å². The molecule has 1 aromatic heterocycles. The Morgan fingerprint density at radius 3 is 2.82 bits per heavy atom. The summed E-state index contributed by atoms with van der Waals surface area (Å²) in [6.45, 7) is 0.473. The molecule has 0 aliphatic rings. The van der Waals surface area contributed by atoms with Crippen LogP contribution in [-0.2, 0) is 4.79 Å². The fraction of sp³-hybridized carbons (Fsp3) is 0.364. The van der Waals surface area contributed by atoms with E-state index in [1.807, 2.05) is 0 Å². The maximum absolute atomic E-state index is 11.7. The summed E-state index contributed by atoms with van der Waals surface area (Å²) in [4.78, 5) is 25.8. The predicted molar refractivity (Wildman–Crippen MR) is 65.8 cm³/mol. The fourth-order valence-corrected chi connectivity index (χ4v) is 1.69. The number of aliphatic carboxylic acids is 1. The molecule has 1 amide bonds. The van der Waals surface area contributed by atoms with Crippen LogP contribution < -0.4 is 5.32 Å². The van der Waals surface area contributed by atoms with E-state index in [1.165, 1.54) is 0 Å². The largest absolute Gasteiger partial charge is 0.481 e. The van der Waals surface area contributed by atoms with Crippen LogP contribution in [0.5, 0.6) is 0 Å². The smallest absolute Gasteiger partial charge is 0.303 e. The Hall–Kier alpha value is -1.43. The molecule has 0 fully saturated rings. The van der Waals surface area contributed by atoms with Crippen molar-refractivity contribution >= 4 is 27.8 Å².